The molecule has 0 saturated carbocycles. The van der Waals surface area contributed by atoms with Gasteiger partial charge >= 0.3 is 13.2 Å². The van der Waals surface area contributed by atoms with E-state index in [1.165, 1.54) is 31.2 Å². The summed E-state index contributed by atoms with van der Waals surface area (Å²) in [5.74, 6) is -2.52. The molecule has 222 valence electrons. The third-order valence-electron chi connectivity index (χ3n) is 7.77. The Morgan fingerprint density at radius 1 is 1.23 bits per heavy atom. The fourth-order valence-corrected chi connectivity index (χ4v) is 4.73. The molecule has 1 unspecified atom stereocenters. The predicted octanol–water partition coefficient (Wildman–Crippen LogP) is 3.23. The van der Waals surface area contributed by atoms with Crippen LogP contribution in [0, 0.1) is 23.1 Å². The summed E-state index contributed by atoms with van der Waals surface area (Å²) >= 11 is 0. The van der Waals surface area contributed by atoms with Crippen LogP contribution in [0.3, 0.4) is 0 Å². The van der Waals surface area contributed by atoms with Crippen LogP contribution in [0.15, 0.2) is 24.3 Å². The monoisotopic (exact) mass is 564 g/mol. The maximum Gasteiger partial charge on any atom is 0.475 e. The number of carbonyl (C=O) groups is 2. The van der Waals surface area contributed by atoms with Crippen molar-refractivity contribution in [2.45, 2.75) is 89.9 Å². The summed E-state index contributed by atoms with van der Waals surface area (Å²) in [5, 5.41) is 30.4. The van der Waals surface area contributed by atoms with E-state index in [2.05, 4.69) is 31.0 Å². The van der Waals surface area contributed by atoms with Crippen LogP contribution in [0.1, 0.15) is 65.4 Å². The third-order valence-corrected chi connectivity index (χ3v) is 7.77. The minimum Gasteiger partial charge on any atom is -0.447 e. The standard InChI is InChI=1S/C19H25BFN3O5.C9H18FN/c1-13(11-22)18(25)24-9-3-2-4-16(24)12-29-19(26)23-17(20(27)28)10-14-5-7-15(21)8-6-14;1-4-9(2,3)11-6-5-8(10)7-11/h5-8,13,16-17,27-28H,2-4,9-10,12H2,1H3,(H,23,26);8H,4-7H2,1-3H3/t13?,16-,17+;8-/m11/s1. The van der Waals surface area contributed by atoms with Crippen LogP contribution in [0.4, 0.5) is 13.6 Å². The minimum absolute atomic E-state index is 0.0550. The number of nitrogens with one attached hydrogen (secondary N) is 1. The summed E-state index contributed by atoms with van der Waals surface area (Å²) in [6, 6.07) is 7.05. The zero-order valence-corrected chi connectivity index (χ0v) is 24.0. The molecule has 3 rings (SSSR count). The lowest BCUT2D eigenvalue weighted by Gasteiger charge is -2.36. The molecule has 2 heterocycles. The van der Waals surface area contributed by atoms with Crippen molar-refractivity contribution >= 4 is 19.1 Å². The van der Waals surface area contributed by atoms with Crippen LogP contribution < -0.4 is 5.32 Å². The lowest BCUT2D eigenvalue weighted by molar-refractivity contribution is -0.138. The number of nitriles is 1. The van der Waals surface area contributed by atoms with Crippen molar-refractivity contribution < 1.29 is 33.2 Å². The minimum atomic E-state index is -1.84. The Morgan fingerprint density at radius 3 is 2.45 bits per heavy atom. The van der Waals surface area contributed by atoms with Crippen molar-refractivity contribution in [2.75, 3.05) is 26.2 Å². The number of ether oxygens (including phenoxy) is 1. The first kappa shape index (κ1) is 33.5. The van der Waals surface area contributed by atoms with E-state index in [0.717, 1.165) is 32.2 Å². The molecule has 0 radical (unpaired) electrons. The predicted molar refractivity (Wildman–Crippen MR) is 148 cm³/mol. The number of rotatable bonds is 9. The van der Waals surface area contributed by atoms with Gasteiger partial charge in [-0.2, -0.15) is 5.26 Å². The largest absolute Gasteiger partial charge is 0.475 e. The van der Waals surface area contributed by atoms with Crippen molar-refractivity contribution in [3.63, 3.8) is 0 Å². The van der Waals surface area contributed by atoms with Gasteiger partial charge in [0.1, 0.15) is 24.5 Å². The van der Waals surface area contributed by atoms with E-state index in [4.69, 9.17) is 10.00 Å². The number of benzene rings is 1. The zero-order chi connectivity index (χ0) is 29.9. The molecule has 0 aromatic heterocycles. The van der Waals surface area contributed by atoms with E-state index in [9.17, 15) is 28.4 Å². The third kappa shape index (κ3) is 10.3. The van der Waals surface area contributed by atoms with E-state index >= 15 is 0 Å². The summed E-state index contributed by atoms with van der Waals surface area (Å²) in [5.41, 5.74) is 0.806. The van der Waals surface area contributed by atoms with Crippen LogP contribution in [0.2, 0.25) is 0 Å². The first-order valence-corrected chi connectivity index (χ1v) is 14.0. The second kappa shape index (κ2) is 15.9. The fourth-order valence-electron chi connectivity index (χ4n) is 4.73. The molecule has 0 spiro atoms. The van der Waals surface area contributed by atoms with Gasteiger partial charge in [0.15, 0.2) is 0 Å². The highest BCUT2D eigenvalue weighted by molar-refractivity contribution is 6.43. The van der Waals surface area contributed by atoms with E-state index in [1.54, 1.807) is 4.90 Å². The number of nitrogens with zero attached hydrogens (tertiary/aromatic N) is 3. The molecule has 2 fully saturated rings. The van der Waals surface area contributed by atoms with Crippen LogP contribution in [-0.4, -0.2) is 88.9 Å². The SMILES string of the molecule is CC(C#N)C(=O)N1CCCC[C@@H]1COC(=O)N[C@@H](Cc1ccc(F)cc1)B(O)O.CCC(C)(C)N1CC[C@@H](F)C1. The summed E-state index contributed by atoms with van der Waals surface area (Å²) in [7, 11) is -1.84. The van der Waals surface area contributed by atoms with Gasteiger partial charge in [0.05, 0.1) is 18.1 Å². The molecular weight excluding hydrogens is 521 g/mol. The average Bonchev–Trinajstić information content (AvgIpc) is 3.39. The maximum absolute atomic E-state index is 13.0. The molecule has 0 aliphatic carbocycles. The molecular formula is C28H43BF2N4O5. The van der Waals surface area contributed by atoms with Crippen molar-refractivity contribution in [2.24, 2.45) is 5.92 Å². The first-order chi connectivity index (χ1) is 18.9. The lowest BCUT2D eigenvalue weighted by atomic mass is 9.76. The molecule has 1 aromatic rings. The number of hydrogen-bond donors (Lipinski definition) is 3. The number of piperidine rings is 1. The molecule has 2 aliphatic heterocycles. The van der Waals surface area contributed by atoms with E-state index < -0.39 is 37.1 Å². The number of carbonyl (C=O) groups excluding carboxylic acids is 2. The van der Waals surface area contributed by atoms with E-state index in [0.29, 0.717) is 25.1 Å². The summed E-state index contributed by atoms with van der Waals surface area (Å²) in [4.78, 5) is 28.3. The van der Waals surface area contributed by atoms with Crippen molar-refractivity contribution in [1.82, 2.24) is 15.1 Å². The van der Waals surface area contributed by atoms with Crippen LogP contribution in [-0.2, 0) is 16.0 Å². The number of halogens is 2. The van der Waals surface area contributed by atoms with E-state index in [-0.39, 0.29) is 30.5 Å². The zero-order valence-electron chi connectivity index (χ0n) is 24.0. The van der Waals surface area contributed by atoms with E-state index in [1.807, 2.05) is 6.07 Å². The number of alkyl halides is 1. The summed E-state index contributed by atoms with van der Waals surface area (Å²) < 4.78 is 31.0. The van der Waals surface area contributed by atoms with Crippen LogP contribution in [0.5, 0.6) is 0 Å². The molecule has 0 bridgehead atoms. The maximum atomic E-state index is 13.0. The molecule has 40 heavy (non-hydrogen) atoms. The smallest absolute Gasteiger partial charge is 0.447 e. The van der Waals surface area contributed by atoms with Crippen molar-refractivity contribution in [1.29, 1.82) is 5.26 Å². The Hall–Kier alpha value is -2.75. The molecule has 4 atom stereocenters. The van der Waals surface area contributed by atoms with Gasteiger partial charge in [-0.1, -0.05) is 19.1 Å². The normalized spacial score (nSPS) is 20.9. The molecule has 2 amide bonds. The van der Waals surface area contributed by atoms with Gasteiger partial charge in [-0.3, -0.25) is 9.69 Å². The molecule has 2 saturated heterocycles. The first-order valence-electron chi connectivity index (χ1n) is 14.0. The quantitative estimate of drug-likeness (QED) is 0.393. The fraction of sp³-hybridized carbons (Fsp3) is 0.679. The molecule has 3 N–H and O–H groups in total. The number of likely N-dealkylation sites (tertiary alicyclic amines) is 2. The van der Waals surface area contributed by atoms with Gasteiger partial charge in [0.2, 0.25) is 5.91 Å². The number of hydrogen-bond acceptors (Lipinski definition) is 7. The molecule has 2 aliphatic rings. The Labute approximate surface area is 236 Å². The highest BCUT2D eigenvalue weighted by Gasteiger charge is 2.33. The summed E-state index contributed by atoms with van der Waals surface area (Å²) in [6.45, 7) is 10.1. The van der Waals surface area contributed by atoms with Gasteiger partial charge < -0.3 is 25.0 Å². The van der Waals surface area contributed by atoms with Gasteiger partial charge in [0.25, 0.3) is 0 Å². The summed E-state index contributed by atoms with van der Waals surface area (Å²) in [6.07, 6.45) is 2.81. The second-order valence-corrected chi connectivity index (χ2v) is 11.1. The Kier molecular flexibility index (Phi) is 13.3. The van der Waals surface area contributed by atoms with Gasteiger partial charge in [-0.25, -0.2) is 13.6 Å². The Morgan fingerprint density at radius 2 is 1.90 bits per heavy atom. The Balaban J connectivity index is 0.000000425. The number of alkyl carbamates (subject to hydrolysis) is 1. The molecule has 9 nitrogen and oxygen atoms in total. The second-order valence-electron chi connectivity index (χ2n) is 11.1. The Bertz CT molecular complexity index is 992. The molecule has 12 heteroatoms. The van der Waals surface area contributed by atoms with Crippen molar-refractivity contribution in [3.8, 4) is 6.07 Å². The van der Waals surface area contributed by atoms with Crippen molar-refractivity contribution in [3.05, 3.63) is 35.6 Å². The van der Waals surface area contributed by atoms with Crippen LogP contribution in [0.25, 0.3) is 0 Å². The van der Waals surface area contributed by atoms with Crippen LogP contribution >= 0.6 is 0 Å². The highest BCUT2D eigenvalue weighted by Crippen LogP contribution is 2.25. The van der Waals surface area contributed by atoms with Gasteiger partial charge in [-0.05, 0) is 77.0 Å². The average molecular weight is 564 g/mol. The highest BCUT2D eigenvalue weighted by atomic mass is 19.1. The van der Waals surface area contributed by atoms with Gasteiger partial charge in [0, 0.05) is 25.2 Å². The number of amides is 2. The lowest BCUT2D eigenvalue weighted by Crippen LogP contribution is -2.51. The topological polar surface area (TPSA) is 126 Å². The molecule has 1 aromatic carbocycles. The van der Waals surface area contributed by atoms with Gasteiger partial charge in [-0.15, -0.1) is 0 Å².